The van der Waals surface area contributed by atoms with Crippen molar-refractivity contribution in [1.29, 1.82) is 0 Å². The number of halogens is 1. The van der Waals surface area contributed by atoms with Crippen LogP contribution in [0.2, 0.25) is 0 Å². The van der Waals surface area contributed by atoms with Crippen molar-refractivity contribution in [2.75, 3.05) is 19.6 Å². The number of unbranched alkanes of at least 4 members (excludes halogenated alkanes) is 1. The summed E-state index contributed by atoms with van der Waals surface area (Å²) >= 11 is 0. The minimum Gasteiger partial charge on any atom is -0.370 e. The summed E-state index contributed by atoms with van der Waals surface area (Å²) in [5.41, 5.74) is 5.09. The van der Waals surface area contributed by atoms with Gasteiger partial charge in [0, 0.05) is 19.6 Å². The molecule has 1 aliphatic rings. The van der Waals surface area contributed by atoms with E-state index in [0.29, 0.717) is 6.54 Å². The summed E-state index contributed by atoms with van der Waals surface area (Å²) in [4.78, 5) is 24.4. The van der Waals surface area contributed by atoms with E-state index in [9.17, 15) is 9.59 Å². The van der Waals surface area contributed by atoms with Crippen LogP contribution in [0.4, 0.5) is 0 Å². The summed E-state index contributed by atoms with van der Waals surface area (Å²) in [6.45, 7) is 5.78. The number of primary amides is 1. The van der Waals surface area contributed by atoms with Crippen LogP contribution < -0.4 is 11.1 Å². The van der Waals surface area contributed by atoms with Gasteiger partial charge in [-0.25, -0.2) is 0 Å². The Kier molecular flexibility index (Phi) is 7.58. The van der Waals surface area contributed by atoms with Gasteiger partial charge in [-0.1, -0.05) is 6.08 Å². The summed E-state index contributed by atoms with van der Waals surface area (Å²) in [5, 5.41) is 3.01. The van der Waals surface area contributed by atoms with Gasteiger partial charge in [-0.15, -0.1) is 19.0 Å². The third kappa shape index (κ3) is 5.19. The van der Waals surface area contributed by atoms with E-state index in [2.05, 4.69) is 11.9 Å². The molecule has 1 fully saturated rings. The minimum atomic E-state index is -0.446. The normalized spacial score (nSPS) is 19.6. The monoisotopic (exact) mass is 261 g/mol. The Morgan fingerprint density at radius 3 is 2.94 bits per heavy atom. The fraction of sp³-hybridized carbons (Fsp3) is 0.636. The lowest BCUT2D eigenvalue weighted by Crippen LogP contribution is -2.56. The number of nitrogens with zero attached hydrogens (tertiary/aromatic N) is 1. The summed E-state index contributed by atoms with van der Waals surface area (Å²) in [7, 11) is 0. The van der Waals surface area contributed by atoms with Gasteiger partial charge in [-0.05, 0) is 12.8 Å². The quantitative estimate of drug-likeness (QED) is 0.524. The van der Waals surface area contributed by atoms with Crippen LogP contribution in [0.1, 0.15) is 19.3 Å². The highest BCUT2D eigenvalue weighted by molar-refractivity contribution is 5.88. The summed E-state index contributed by atoms with van der Waals surface area (Å²) in [6, 6.07) is -0.435. The number of nitrogens with one attached hydrogen (secondary N) is 1. The third-order valence-corrected chi connectivity index (χ3v) is 2.62. The Morgan fingerprint density at radius 2 is 2.35 bits per heavy atom. The zero-order valence-corrected chi connectivity index (χ0v) is 10.7. The maximum absolute atomic E-state index is 11.9. The van der Waals surface area contributed by atoms with E-state index in [1.54, 1.807) is 4.90 Å². The summed E-state index contributed by atoms with van der Waals surface area (Å²) in [6.07, 6.45) is 3.74. The Morgan fingerprint density at radius 1 is 1.65 bits per heavy atom. The first-order chi connectivity index (χ1) is 7.65. The van der Waals surface area contributed by atoms with Crippen LogP contribution in [-0.4, -0.2) is 42.4 Å². The number of carbonyl (C=O) groups excluding carboxylic acids is 2. The number of piperazine rings is 1. The molecule has 2 amide bonds. The van der Waals surface area contributed by atoms with E-state index < -0.39 is 11.9 Å². The van der Waals surface area contributed by atoms with E-state index in [0.717, 1.165) is 25.9 Å². The van der Waals surface area contributed by atoms with Crippen molar-refractivity contribution >= 4 is 24.2 Å². The lowest BCUT2D eigenvalue weighted by Gasteiger charge is -2.32. The van der Waals surface area contributed by atoms with Crippen LogP contribution in [0, 0.1) is 0 Å². The number of carbonyl (C=O) groups is 2. The molecule has 0 aromatic heterocycles. The zero-order valence-electron chi connectivity index (χ0n) is 9.85. The van der Waals surface area contributed by atoms with Gasteiger partial charge in [-0.2, -0.15) is 0 Å². The predicted octanol–water partition coefficient (Wildman–Crippen LogP) is 0.0502. The van der Waals surface area contributed by atoms with Crippen LogP contribution in [-0.2, 0) is 9.59 Å². The SMILES string of the molecule is C=CCCCN1CCNC(CC(N)=O)C1=O.Cl. The molecular weight excluding hydrogens is 242 g/mol. The van der Waals surface area contributed by atoms with Gasteiger partial charge in [0.2, 0.25) is 11.8 Å². The maximum atomic E-state index is 11.9. The predicted molar refractivity (Wildman–Crippen MR) is 68.9 cm³/mol. The number of rotatable bonds is 6. The highest BCUT2D eigenvalue weighted by Crippen LogP contribution is 2.06. The van der Waals surface area contributed by atoms with Crippen molar-refractivity contribution in [1.82, 2.24) is 10.2 Å². The summed E-state index contributed by atoms with van der Waals surface area (Å²) < 4.78 is 0. The fourth-order valence-electron chi connectivity index (χ4n) is 1.80. The number of hydrogen-bond donors (Lipinski definition) is 2. The lowest BCUT2D eigenvalue weighted by atomic mass is 10.1. The first-order valence-corrected chi connectivity index (χ1v) is 5.56. The molecular formula is C11H20ClN3O2. The van der Waals surface area contributed by atoms with Crippen molar-refractivity contribution in [3.63, 3.8) is 0 Å². The van der Waals surface area contributed by atoms with Crippen LogP contribution in [0.3, 0.4) is 0 Å². The zero-order chi connectivity index (χ0) is 12.0. The molecule has 0 aromatic rings. The van der Waals surface area contributed by atoms with Gasteiger partial charge in [0.1, 0.15) is 0 Å². The van der Waals surface area contributed by atoms with Crippen molar-refractivity contribution in [2.45, 2.75) is 25.3 Å². The van der Waals surface area contributed by atoms with Gasteiger partial charge in [0.25, 0.3) is 0 Å². The third-order valence-electron chi connectivity index (χ3n) is 2.62. The Hall–Kier alpha value is -1.07. The molecule has 0 aliphatic carbocycles. The van der Waals surface area contributed by atoms with Crippen LogP contribution in [0.25, 0.3) is 0 Å². The summed E-state index contributed by atoms with van der Waals surface area (Å²) in [5.74, 6) is -0.465. The first-order valence-electron chi connectivity index (χ1n) is 5.56. The fourth-order valence-corrected chi connectivity index (χ4v) is 1.80. The molecule has 1 aliphatic heterocycles. The van der Waals surface area contributed by atoms with Crippen LogP contribution in [0.15, 0.2) is 12.7 Å². The highest BCUT2D eigenvalue weighted by atomic mass is 35.5. The maximum Gasteiger partial charge on any atom is 0.240 e. The molecule has 1 saturated heterocycles. The second-order valence-electron chi connectivity index (χ2n) is 3.93. The molecule has 6 heteroatoms. The van der Waals surface area contributed by atoms with E-state index >= 15 is 0 Å². The largest absolute Gasteiger partial charge is 0.370 e. The molecule has 0 radical (unpaired) electrons. The topological polar surface area (TPSA) is 75.4 Å². The molecule has 1 rings (SSSR count). The number of allylic oxidation sites excluding steroid dienone is 1. The molecule has 0 bridgehead atoms. The molecule has 0 spiro atoms. The molecule has 1 heterocycles. The first kappa shape index (κ1) is 15.9. The van der Waals surface area contributed by atoms with E-state index in [4.69, 9.17) is 5.73 Å². The Bertz CT molecular complexity index is 284. The van der Waals surface area contributed by atoms with Crippen molar-refractivity contribution < 1.29 is 9.59 Å². The molecule has 1 unspecified atom stereocenters. The van der Waals surface area contributed by atoms with Crippen LogP contribution >= 0.6 is 12.4 Å². The van der Waals surface area contributed by atoms with E-state index in [-0.39, 0.29) is 24.7 Å². The van der Waals surface area contributed by atoms with Gasteiger partial charge >= 0.3 is 0 Å². The average molecular weight is 262 g/mol. The highest BCUT2D eigenvalue weighted by Gasteiger charge is 2.28. The standard InChI is InChI=1S/C11H19N3O2.ClH/c1-2-3-4-6-14-7-5-13-9(11(14)16)8-10(12)15;/h2,9,13H,1,3-8H2,(H2,12,15);1H. The molecule has 5 nitrogen and oxygen atoms in total. The van der Waals surface area contributed by atoms with Gasteiger partial charge < -0.3 is 16.0 Å². The number of amides is 2. The Labute approximate surface area is 108 Å². The van der Waals surface area contributed by atoms with Crippen LogP contribution in [0.5, 0.6) is 0 Å². The number of hydrogen-bond acceptors (Lipinski definition) is 3. The van der Waals surface area contributed by atoms with Crippen molar-refractivity contribution in [2.24, 2.45) is 5.73 Å². The second-order valence-corrected chi connectivity index (χ2v) is 3.93. The van der Waals surface area contributed by atoms with Gasteiger partial charge in [-0.3, -0.25) is 9.59 Å². The molecule has 17 heavy (non-hydrogen) atoms. The molecule has 98 valence electrons. The van der Waals surface area contributed by atoms with Gasteiger partial charge in [0.15, 0.2) is 0 Å². The molecule has 1 atom stereocenters. The second kappa shape index (κ2) is 8.08. The van der Waals surface area contributed by atoms with E-state index in [1.807, 2.05) is 6.08 Å². The van der Waals surface area contributed by atoms with Crippen molar-refractivity contribution in [3.05, 3.63) is 12.7 Å². The molecule has 0 saturated carbocycles. The number of nitrogens with two attached hydrogens (primary N) is 1. The molecule has 3 N–H and O–H groups in total. The Balaban J connectivity index is 0.00000256. The van der Waals surface area contributed by atoms with Gasteiger partial charge in [0.05, 0.1) is 12.5 Å². The van der Waals surface area contributed by atoms with Crippen molar-refractivity contribution in [3.8, 4) is 0 Å². The molecule has 0 aromatic carbocycles. The van der Waals surface area contributed by atoms with E-state index in [1.165, 1.54) is 0 Å². The minimum absolute atomic E-state index is 0. The lowest BCUT2D eigenvalue weighted by molar-refractivity contribution is -0.137. The smallest absolute Gasteiger partial charge is 0.240 e. The average Bonchev–Trinajstić information content (AvgIpc) is 2.23.